The van der Waals surface area contributed by atoms with Crippen LogP contribution in [0, 0.1) is 0 Å². The summed E-state index contributed by atoms with van der Waals surface area (Å²) in [7, 11) is -0.259. The van der Waals surface area contributed by atoms with Gasteiger partial charge in [-0.1, -0.05) is 0 Å². The van der Waals surface area contributed by atoms with E-state index < -0.39 is 10.0 Å². The first-order chi connectivity index (χ1) is 11.0. The molecule has 130 valence electrons. The summed E-state index contributed by atoms with van der Waals surface area (Å²) in [6, 6.07) is 1.65. The topological polar surface area (TPSA) is 104 Å². The third-order valence-corrected chi connectivity index (χ3v) is 5.35. The van der Waals surface area contributed by atoms with Gasteiger partial charge in [-0.3, -0.25) is 4.79 Å². The summed E-state index contributed by atoms with van der Waals surface area (Å²) in [5, 5.41) is 3.18. The van der Waals surface area contributed by atoms with Crippen LogP contribution < -0.4 is 10.0 Å². The number of ether oxygens (including phenoxy) is 1. The standard InChI is InChI=1S/C14H24N4O4S/c1-15-11-4-3-6-18(10-11)14(19)13-8-12(9-16-13)23(20,21)17-5-7-22-2/h8-9,11,15-17H,3-7,10H2,1-2H3. The first-order valence-electron chi connectivity index (χ1n) is 7.61. The molecule has 1 aliphatic rings. The number of methoxy groups -OCH3 is 1. The van der Waals surface area contributed by atoms with Crippen LogP contribution in [0.4, 0.5) is 0 Å². The minimum absolute atomic E-state index is 0.0547. The van der Waals surface area contributed by atoms with Crippen LogP contribution in [-0.4, -0.2) is 70.6 Å². The molecule has 3 N–H and O–H groups in total. The predicted octanol–water partition coefficient (Wildman–Crippen LogP) is -0.237. The monoisotopic (exact) mass is 344 g/mol. The fraction of sp³-hybridized carbons (Fsp3) is 0.643. The van der Waals surface area contributed by atoms with Gasteiger partial charge in [0.2, 0.25) is 10.0 Å². The lowest BCUT2D eigenvalue weighted by Crippen LogP contribution is -2.47. The highest BCUT2D eigenvalue weighted by molar-refractivity contribution is 7.89. The first kappa shape index (κ1) is 17.9. The van der Waals surface area contributed by atoms with Crippen LogP contribution in [0.1, 0.15) is 23.3 Å². The van der Waals surface area contributed by atoms with Gasteiger partial charge in [0.05, 0.1) is 6.61 Å². The van der Waals surface area contributed by atoms with Crippen molar-refractivity contribution in [3.8, 4) is 0 Å². The number of hydrogen-bond donors (Lipinski definition) is 3. The van der Waals surface area contributed by atoms with Crippen molar-refractivity contribution in [3.63, 3.8) is 0 Å². The highest BCUT2D eigenvalue weighted by atomic mass is 32.2. The summed E-state index contributed by atoms with van der Waals surface area (Å²) in [6.07, 6.45) is 3.30. The largest absolute Gasteiger partial charge is 0.383 e. The third-order valence-electron chi connectivity index (χ3n) is 3.91. The highest BCUT2D eigenvalue weighted by Gasteiger charge is 2.25. The number of H-pyrrole nitrogens is 1. The molecule has 0 aliphatic carbocycles. The number of carbonyl (C=O) groups excluding carboxylic acids is 1. The zero-order valence-corrected chi connectivity index (χ0v) is 14.3. The summed E-state index contributed by atoms with van der Waals surface area (Å²) in [6.45, 7) is 1.78. The van der Waals surface area contributed by atoms with Gasteiger partial charge in [-0.05, 0) is 26.0 Å². The number of aromatic amines is 1. The second-order valence-corrected chi connectivity index (χ2v) is 7.29. The average molecular weight is 344 g/mol. The van der Waals surface area contributed by atoms with Crippen molar-refractivity contribution >= 4 is 15.9 Å². The van der Waals surface area contributed by atoms with Gasteiger partial charge >= 0.3 is 0 Å². The van der Waals surface area contributed by atoms with Crippen LogP contribution in [0.15, 0.2) is 17.2 Å². The molecule has 1 fully saturated rings. The number of nitrogens with zero attached hydrogens (tertiary/aromatic N) is 1. The van der Waals surface area contributed by atoms with E-state index in [1.54, 1.807) is 4.90 Å². The van der Waals surface area contributed by atoms with E-state index in [2.05, 4.69) is 15.0 Å². The number of nitrogens with one attached hydrogen (secondary N) is 3. The summed E-state index contributed by atoms with van der Waals surface area (Å²) in [4.78, 5) is 17.1. The summed E-state index contributed by atoms with van der Waals surface area (Å²) >= 11 is 0. The number of carbonyl (C=O) groups is 1. The van der Waals surface area contributed by atoms with E-state index in [0.29, 0.717) is 13.1 Å². The molecule has 8 nitrogen and oxygen atoms in total. The zero-order valence-electron chi connectivity index (χ0n) is 13.5. The predicted molar refractivity (Wildman–Crippen MR) is 85.8 cm³/mol. The van der Waals surface area contributed by atoms with Crippen LogP contribution in [0.2, 0.25) is 0 Å². The lowest BCUT2D eigenvalue weighted by atomic mass is 10.1. The van der Waals surface area contributed by atoms with Crippen LogP contribution in [-0.2, 0) is 14.8 Å². The van der Waals surface area contributed by atoms with Gasteiger partial charge in [-0.25, -0.2) is 13.1 Å². The molecule has 0 bridgehead atoms. The molecule has 1 atom stereocenters. The maximum Gasteiger partial charge on any atom is 0.270 e. The molecule has 1 saturated heterocycles. The van der Waals surface area contributed by atoms with Gasteiger partial charge in [-0.2, -0.15) is 0 Å². The molecule has 0 aromatic carbocycles. The van der Waals surface area contributed by atoms with E-state index in [1.807, 2.05) is 7.05 Å². The van der Waals surface area contributed by atoms with E-state index >= 15 is 0 Å². The number of hydrogen-bond acceptors (Lipinski definition) is 5. The van der Waals surface area contributed by atoms with E-state index in [-0.39, 0.29) is 35.7 Å². The minimum atomic E-state index is -3.64. The van der Waals surface area contributed by atoms with Crippen molar-refractivity contribution in [3.05, 3.63) is 18.0 Å². The Kier molecular flexibility index (Phi) is 6.17. The van der Waals surface area contributed by atoms with Crippen molar-refractivity contribution in [2.24, 2.45) is 0 Å². The maximum absolute atomic E-state index is 12.5. The van der Waals surface area contributed by atoms with E-state index in [0.717, 1.165) is 12.8 Å². The van der Waals surface area contributed by atoms with Gasteiger partial charge in [0.15, 0.2) is 0 Å². The lowest BCUT2D eigenvalue weighted by Gasteiger charge is -2.32. The van der Waals surface area contributed by atoms with E-state index in [4.69, 9.17) is 4.74 Å². The number of sulfonamides is 1. The number of piperidine rings is 1. The normalized spacial score (nSPS) is 19.0. The second-order valence-electron chi connectivity index (χ2n) is 5.52. The summed E-state index contributed by atoms with van der Waals surface area (Å²) in [5.74, 6) is -0.178. The molecule has 1 aromatic heterocycles. The second kappa shape index (κ2) is 7.91. The van der Waals surface area contributed by atoms with Crippen LogP contribution in [0.5, 0.6) is 0 Å². The Bertz CT molecular complexity index is 628. The van der Waals surface area contributed by atoms with Crippen molar-refractivity contribution < 1.29 is 17.9 Å². The fourth-order valence-corrected chi connectivity index (χ4v) is 3.59. The van der Waals surface area contributed by atoms with E-state index in [9.17, 15) is 13.2 Å². The number of likely N-dealkylation sites (tertiary alicyclic amines) is 1. The smallest absolute Gasteiger partial charge is 0.270 e. The molecule has 1 amide bonds. The highest BCUT2D eigenvalue weighted by Crippen LogP contribution is 2.16. The van der Waals surface area contributed by atoms with Gasteiger partial charge in [-0.15, -0.1) is 0 Å². The summed E-state index contributed by atoms with van der Waals surface area (Å²) in [5.41, 5.74) is 0.286. The zero-order chi connectivity index (χ0) is 16.9. The van der Waals surface area contributed by atoms with Crippen molar-refractivity contribution in [2.45, 2.75) is 23.8 Å². The Morgan fingerprint density at radius 3 is 3.00 bits per heavy atom. The molecule has 1 unspecified atom stereocenters. The molecule has 23 heavy (non-hydrogen) atoms. The Balaban J connectivity index is 2.04. The van der Waals surface area contributed by atoms with Gasteiger partial charge in [0.1, 0.15) is 10.6 Å². The lowest BCUT2D eigenvalue weighted by molar-refractivity contribution is 0.0693. The Morgan fingerprint density at radius 1 is 1.52 bits per heavy atom. The number of aromatic nitrogens is 1. The Morgan fingerprint density at radius 2 is 2.30 bits per heavy atom. The summed E-state index contributed by atoms with van der Waals surface area (Å²) < 4.78 is 31.4. The van der Waals surface area contributed by atoms with Crippen molar-refractivity contribution in [1.82, 2.24) is 19.9 Å². The molecule has 1 aliphatic heterocycles. The molecule has 0 radical (unpaired) electrons. The molecular weight excluding hydrogens is 320 g/mol. The van der Waals surface area contributed by atoms with Crippen LogP contribution in [0.3, 0.4) is 0 Å². The van der Waals surface area contributed by atoms with Gasteiger partial charge < -0.3 is 19.9 Å². The maximum atomic E-state index is 12.5. The quantitative estimate of drug-likeness (QED) is 0.593. The molecular formula is C14H24N4O4S. The van der Waals surface area contributed by atoms with Crippen LogP contribution in [0.25, 0.3) is 0 Å². The molecule has 0 spiro atoms. The minimum Gasteiger partial charge on any atom is -0.383 e. The molecule has 2 heterocycles. The van der Waals surface area contributed by atoms with Gasteiger partial charge in [0, 0.05) is 39.0 Å². The Labute approximate surface area is 136 Å². The van der Waals surface area contributed by atoms with E-state index in [1.165, 1.54) is 19.4 Å². The molecule has 9 heteroatoms. The third kappa shape index (κ3) is 4.54. The SMILES string of the molecule is CNC1CCCN(C(=O)c2cc(S(=O)(=O)NCCOC)c[nH]2)C1. The first-order valence-corrected chi connectivity index (χ1v) is 9.10. The molecule has 0 saturated carbocycles. The molecule has 1 aromatic rings. The molecule has 2 rings (SSSR count). The average Bonchev–Trinajstić information content (AvgIpc) is 3.05. The Hall–Kier alpha value is -1.42. The fourth-order valence-electron chi connectivity index (χ4n) is 2.58. The number of amides is 1. The van der Waals surface area contributed by atoms with Crippen molar-refractivity contribution in [2.75, 3.05) is 40.4 Å². The van der Waals surface area contributed by atoms with Crippen LogP contribution >= 0.6 is 0 Å². The van der Waals surface area contributed by atoms with Crippen molar-refractivity contribution in [1.29, 1.82) is 0 Å². The number of rotatable bonds is 7. The number of likely N-dealkylation sites (N-methyl/N-ethyl adjacent to an activating group) is 1. The van der Waals surface area contributed by atoms with Gasteiger partial charge in [0.25, 0.3) is 5.91 Å².